The summed E-state index contributed by atoms with van der Waals surface area (Å²) in [6.07, 6.45) is 20.9. The lowest BCUT2D eigenvalue weighted by Gasteiger charge is -2.29. The standard InChI is InChI=1S/C19H31N3S.C13H17N3S.C13H12N2.C12H17N3S/c1-2-3-4-5-6-7-8-9-10-13-16-22(20)19-21-17-14-11-12-15-18(17)23-19;14-16(10-6-2-1-3-7-10)13-15-11-8-4-5-9-12(11)17-13;14-15-13-11-7-3-1-5-9(11)10-6-2-4-8-12(10)13;1-9(2)7-8-15(13)12-14-10-5-3-4-6-11(10)16-12/h11-12,14-15H,2-10,13,16,20H2,1H3;4-5,8-10H,1-3,6-7,14H2;1-8,13,15H,14H2;3-6,9H,7-8,13H2,1-2H3. The van der Waals surface area contributed by atoms with Gasteiger partial charge in [0.05, 0.1) is 36.7 Å². The predicted molar refractivity (Wildman–Crippen MR) is 308 cm³/mol. The summed E-state index contributed by atoms with van der Waals surface area (Å²) in [6.45, 7) is 8.43. The van der Waals surface area contributed by atoms with E-state index in [0.717, 1.165) is 57.9 Å². The van der Waals surface area contributed by atoms with Gasteiger partial charge in [0, 0.05) is 19.1 Å². The van der Waals surface area contributed by atoms with Gasteiger partial charge in [0.25, 0.3) is 0 Å². The molecule has 0 amide bonds. The van der Waals surface area contributed by atoms with E-state index in [4.69, 9.17) is 23.4 Å². The molecule has 0 radical (unpaired) electrons. The van der Waals surface area contributed by atoms with Crippen LogP contribution in [0.3, 0.4) is 0 Å². The van der Waals surface area contributed by atoms with Crippen LogP contribution in [-0.2, 0) is 0 Å². The van der Waals surface area contributed by atoms with Crippen molar-refractivity contribution in [3.05, 3.63) is 132 Å². The molecule has 3 aromatic heterocycles. The smallest absolute Gasteiger partial charge is 0.201 e. The van der Waals surface area contributed by atoms with E-state index in [0.29, 0.717) is 12.0 Å². The van der Waals surface area contributed by atoms with E-state index in [9.17, 15) is 0 Å². The second-order valence-electron chi connectivity index (χ2n) is 19.1. The molecule has 0 bridgehead atoms. The molecule has 9 N–H and O–H groups in total. The first kappa shape index (κ1) is 53.8. The molecule has 2 aliphatic carbocycles. The van der Waals surface area contributed by atoms with Gasteiger partial charge in [-0.1, -0.05) is 217 Å². The highest BCUT2D eigenvalue weighted by Crippen LogP contribution is 2.42. The first-order valence-corrected chi connectivity index (χ1v) is 28.5. The average molecular weight is 1010 g/mol. The SMILES string of the molecule is CC(C)CCN(N)c1nc2ccccc2s1.CCCCCCCCCCCCN(N)c1nc2ccccc2s1.NN(c1nc2ccccc2s1)C1CCCCC1.NNC1c2ccccc2-c2ccccc21. The number of nitrogens with two attached hydrogens (primary N) is 4. The number of para-hydroxylation sites is 3. The molecule has 14 heteroatoms. The van der Waals surface area contributed by atoms with Crippen molar-refractivity contribution in [3.8, 4) is 11.1 Å². The minimum absolute atomic E-state index is 0.136. The summed E-state index contributed by atoms with van der Waals surface area (Å²) in [5.41, 5.74) is 11.1. The van der Waals surface area contributed by atoms with Gasteiger partial charge in [-0.05, 0) is 90.3 Å². The Hall–Kier alpha value is -5.03. The molecule has 1 fully saturated rings. The third-order valence-electron chi connectivity index (χ3n) is 13.2. The van der Waals surface area contributed by atoms with Crippen LogP contribution in [0.1, 0.15) is 141 Å². The van der Waals surface area contributed by atoms with Gasteiger partial charge >= 0.3 is 0 Å². The van der Waals surface area contributed by atoms with Crippen LogP contribution in [0.15, 0.2) is 121 Å². The fraction of sp³-hybridized carbons (Fsp3) is 0.421. The van der Waals surface area contributed by atoms with E-state index >= 15 is 0 Å². The third-order valence-corrected chi connectivity index (χ3v) is 16.4. The van der Waals surface area contributed by atoms with Gasteiger partial charge in [-0.25, -0.2) is 37.9 Å². The summed E-state index contributed by atoms with van der Waals surface area (Å²) in [6, 6.07) is 41.9. The molecule has 5 aromatic carbocycles. The van der Waals surface area contributed by atoms with Crippen LogP contribution >= 0.6 is 34.0 Å². The molecule has 1 saturated carbocycles. The number of fused-ring (bicyclic) bond motifs is 6. The molecular formula is C57H77N11S3. The number of benzene rings is 5. The van der Waals surface area contributed by atoms with E-state index in [-0.39, 0.29) is 6.04 Å². The highest BCUT2D eigenvalue weighted by molar-refractivity contribution is 7.22. The number of anilines is 3. The summed E-state index contributed by atoms with van der Waals surface area (Å²) in [5, 5.41) is 8.26. The van der Waals surface area contributed by atoms with Gasteiger partial charge in [0.1, 0.15) is 0 Å². The number of unbranched alkanes of at least 4 members (excludes halogenated alkanes) is 9. The van der Waals surface area contributed by atoms with Crippen LogP contribution in [0.25, 0.3) is 41.8 Å². The minimum Gasteiger partial charge on any atom is -0.286 e. The zero-order valence-electron chi connectivity index (χ0n) is 42.2. The number of hydrogen-bond acceptors (Lipinski definition) is 14. The number of hydrazine groups is 4. The maximum absolute atomic E-state index is 6.21. The van der Waals surface area contributed by atoms with Crippen molar-refractivity contribution in [2.45, 2.75) is 136 Å². The topological polar surface area (TPSA) is 164 Å². The van der Waals surface area contributed by atoms with Crippen LogP contribution in [0.4, 0.5) is 15.4 Å². The summed E-state index contributed by atoms with van der Waals surface area (Å²) in [5.74, 6) is 24.6. The predicted octanol–water partition coefficient (Wildman–Crippen LogP) is 14.4. The molecule has 8 aromatic rings. The Balaban J connectivity index is 0.000000141. The molecule has 71 heavy (non-hydrogen) atoms. The van der Waals surface area contributed by atoms with Gasteiger partial charge in [-0.15, -0.1) is 0 Å². The van der Waals surface area contributed by atoms with Crippen molar-refractivity contribution in [1.29, 1.82) is 0 Å². The van der Waals surface area contributed by atoms with Crippen molar-refractivity contribution < 1.29 is 0 Å². The highest BCUT2D eigenvalue weighted by atomic mass is 32.1. The summed E-state index contributed by atoms with van der Waals surface area (Å²) in [4.78, 5) is 13.7. The molecule has 2 aliphatic rings. The highest BCUT2D eigenvalue weighted by Gasteiger charge is 2.26. The van der Waals surface area contributed by atoms with Crippen LogP contribution in [0.5, 0.6) is 0 Å². The monoisotopic (exact) mass is 1010 g/mol. The van der Waals surface area contributed by atoms with Gasteiger partial charge in [-0.3, -0.25) is 20.9 Å². The number of rotatable bonds is 19. The fourth-order valence-electron chi connectivity index (χ4n) is 9.14. The van der Waals surface area contributed by atoms with E-state index in [1.807, 2.05) is 64.6 Å². The number of nitrogens with zero attached hydrogens (tertiary/aromatic N) is 6. The lowest BCUT2D eigenvalue weighted by molar-refractivity contribution is 0.417. The Morgan fingerprint density at radius 3 is 1.39 bits per heavy atom. The molecule has 10 rings (SSSR count). The molecule has 0 spiro atoms. The van der Waals surface area contributed by atoms with Crippen molar-refractivity contribution in [2.24, 2.45) is 29.3 Å². The van der Waals surface area contributed by atoms with Crippen molar-refractivity contribution in [1.82, 2.24) is 20.4 Å². The van der Waals surface area contributed by atoms with Crippen molar-refractivity contribution in [2.75, 3.05) is 28.1 Å². The number of nitrogens with one attached hydrogen (secondary N) is 1. The second kappa shape index (κ2) is 28.3. The summed E-state index contributed by atoms with van der Waals surface area (Å²) in [7, 11) is 0. The first-order valence-electron chi connectivity index (χ1n) is 26.0. The normalized spacial score (nSPS) is 13.2. The quantitative estimate of drug-likeness (QED) is 0.0297. The zero-order valence-corrected chi connectivity index (χ0v) is 44.7. The maximum Gasteiger partial charge on any atom is 0.201 e. The Labute approximate surface area is 434 Å². The van der Waals surface area contributed by atoms with Gasteiger partial charge in [0.2, 0.25) is 15.4 Å². The summed E-state index contributed by atoms with van der Waals surface area (Å²) >= 11 is 5.01. The largest absolute Gasteiger partial charge is 0.286 e. The van der Waals surface area contributed by atoms with Crippen LogP contribution in [0, 0.1) is 5.92 Å². The Kier molecular flexibility index (Phi) is 21.4. The van der Waals surface area contributed by atoms with E-state index in [1.165, 1.54) is 126 Å². The fourth-order valence-corrected chi connectivity index (χ4v) is 11.9. The molecular weight excluding hydrogens is 935 g/mol. The van der Waals surface area contributed by atoms with Crippen LogP contribution < -0.4 is 43.8 Å². The van der Waals surface area contributed by atoms with E-state index in [1.54, 1.807) is 39.0 Å². The van der Waals surface area contributed by atoms with Gasteiger partial charge < -0.3 is 0 Å². The molecule has 378 valence electrons. The summed E-state index contributed by atoms with van der Waals surface area (Å²) < 4.78 is 3.62. The minimum atomic E-state index is 0.136. The van der Waals surface area contributed by atoms with Crippen LogP contribution in [0.2, 0.25) is 0 Å². The second-order valence-corrected chi connectivity index (χ2v) is 22.1. The molecule has 11 nitrogen and oxygen atoms in total. The maximum atomic E-state index is 6.21. The third kappa shape index (κ3) is 15.5. The average Bonchev–Trinajstić information content (AvgIpc) is 4.22. The van der Waals surface area contributed by atoms with Crippen LogP contribution in [-0.4, -0.2) is 34.1 Å². The molecule has 0 aliphatic heterocycles. The Bertz CT molecular complexity index is 2630. The number of hydrogen-bond donors (Lipinski definition) is 5. The van der Waals surface area contributed by atoms with Gasteiger partial charge in [-0.2, -0.15) is 0 Å². The first-order chi connectivity index (χ1) is 34.7. The molecule has 0 unspecified atom stereocenters. The zero-order chi connectivity index (χ0) is 49.8. The molecule has 0 saturated heterocycles. The number of thiazole rings is 3. The van der Waals surface area contributed by atoms with Gasteiger partial charge in [0.15, 0.2) is 0 Å². The molecule has 3 heterocycles. The number of aromatic nitrogens is 3. The van der Waals surface area contributed by atoms with E-state index in [2.05, 4.69) is 108 Å². The Morgan fingerprint density at radius 2 is 0.930 bits per heavy atom. The molecule has 0 atom stereocenters. The van der Waals surface area contributed by atoms with Crippen molar-refractivity contribution in [3.63, 3.8) is 0 Å². The van der Waals surface area contributed by atoms with E-state index < -0.39 is 0 Å². The lowest BCUT2D eigenvalue weighted by atomic mass is 9.95. The Morgan fingerprint density at radius 1 is 0.521 bits per heavy atom. The lowest BCUT2D eigenvalue weighted by Crippen LogP contribution is -2.42. The van der Waals surface area contributed by atoms with Crippen molar-refractivity contribution >= 4 is 80.1 Å².